The summed E-state index contributed by atoms with van der Waals surface area (Å²) in [6, 6.07) is 7.01. The van der Waals surface area contributed by atoms with Crippen molar-refractivity contribution in [2.24, 2.45) is 5.41 Å². The van der Waals surface area contributed by atoms with Gasteiger partial charge in [0.1, 0.15) is 5.75 Å². The van der Waals surface area contributed by atoms with Crippen molar-refractivity contribution in [1.82, 2.24) is 5.06 Å². The van der Waals surface area contributed by atoms with Gasteiger partial charge in [0.25, 0.3) is 5.91 Å². The molecule has 1 amide bonds. The van der Waals surface area contributed by atoms with Crippen molar-refractivity contribution in [2.45, 2.75) is 27.3 Å². The van der Waals surface area contributed by atoms with Gasteiger partial charge in [0.2, 0.25) is 0 Å². The van der Waals surface area contributed by atoms with Crippen LogP contribution in [0, 0.1) is 5.41 Å². The molecule has 0 aromatic heterocycles. The average molecular weight is 263 g/mol. The molecule has 19 heavy (non-hydrogen) atoms. The van der Waals surface area contributed by atoms with Crippen molar-refractivity contribution in [1.29, 1.82) is 0 Å². The molecule has 0 atom stereocenters. The van der Waals surface area contributed by atoms with E-state index in [4.69, 9.17) is 9.57 Å². The fraction of sp³-hybridized carbons (Fsp3) is 0.429. The fourth-order valence-corrected chi connectivity index (χ4v) is 1.81. The Balaban J connectivity index is 2.01. The quantitative estimate of drug-likeness (QED) is 0.617. The van der Waals surface area contributed by atoms with Crippen molar-refractivity contribution in [3.8, 4) is 5.75 Å². The summed E-state index contributed by atoms with van der Waals surface area (Å²) in [6.45, 7) is 5.87. The highest BCUT2D eigenvalue weighted by molar-refractivity contribution is 5.82. The normalized spacial score (nSPS) is 17.6. The van der Waals surface area contributed by atoms with Gasteiger partial charge in [-0.25, -0.2) is 5.06 Å². The third-order valence-electron chi connectivity index (χ3n) is 2.90. The summed E-state index contributed by atoms with van der Waals surface area (Å²) in [6.07, 6.45) is 0. The number of benzene rings is 1. The van der Waals surface area contributed by atoms with E-state index in [0.717, 1.165) is 5.56 Å². The molecule has 1 heterocycles. The fourth-order valence-electron chi connectivity index (χ4n) is 1.81. The highest BCUT2D eigenvalue weighted by atomic mass is 16.7. The Morgan fingerprint density at radius 2 is 2.00 bits per heavy atom. The summed E-state index contributed by atoms with van der Waals surface area (Å²) in [5.41, 5.74) is 0.458. The molecule has 1 fully saturated rings. The predicted molar refractivity (Wildman–Crippen MR) is 68.0 cm³/mol. The first-order chi connectivity index (χ1) is 8.88. The Morgan fingerprint density at radius 3 is 2.47 bits per heavy atom. The minimum Gasteiger partial charge on any atom is -0.427 e. The summed E-state index contributed by atoms with van der Waals surface area (Å²) >= 11 is 0. The highest BCUT2D eigenvalue weighted by Gasteiger charge is 2.40. The number of carbonyl (C=O) groups excluding carboxylic acids is 2. The van der Waals surface area contributed by atoms with Gasteiger partial charge in [-0.2, -0.15) is 0 Å². The molecule has 1 aliphatic rings. The van der Waals surface area contributed by atoms with E-state index in [1.165, 1.54) is 12.0 Å². The molecule has 0 unspecified atom stereocenters. The average Bonchev–Trinajstić information content (AvgIpc) is 2.58. The lowest BCUT2D eigenvalue weighted by atomic mass is 9.95. The smallest absolute Gasteiger partial charge is 0.308 e. The van der Waals surface area contributed by atoms with Crippen molar-refractivity contribution in [2.75, 3.05) is 6.61 Å². The zero-order valence-electron chi connectivity index (χ0n) is 11.3. The van der Waals surface area contributed by atoms with Crippen molar-refractivity contribution < 1.29 is 19.2 Å². The van der Waals surface area contributed by atoms with Crippen LogP contribution in [0.1, 0.15) is 26.3 Å². The molecule has 0 N–H and O–H groups in total. The molecule has 5 nitrogen and oxygen atoms in total. The van der Waals surface area contributed by atoms with Crippen molar-refractivity contribution in [3.63, 3.8) is 0 Å². The lowest BCUT2D eigenvalue weighted by Crippen LogP contribution is -2.30. The monoisotopic (exact) mass is 263 g/mol. The Kier molecular flexibility index (Phi) is 3.57. The molecule has 1 saturated heterocycles. The van der Waals surface area contributed by atoms with Gasteiger partial charge < -0.3 is 4.74 Å². The molecule has 0 spiro atoms. The van der Waals surface area contributed by atoms with Crippen LogP contribution in [0.15, 0.2) is 24.3 Å². The second-order valence-electron chi connectivity index (χ2n) is 5.24. The second kappa shape index (κ2) is 5.01. The Bertz CT molecular complexity index is 493. The van der Waals surface area contributed by atoms with E-state index >= 15 is 0 Å². The zero-order valence-corrected chi connectivity index (χ0v) is 11.3. The molecule has 2 rings (SSSR count). The molecular formula is C14H17NO4. The van der Waals surface area contributed by atoms with Crippen LogP contribution in [0.25, 0.3) is 0 Å². The van der Waals surface area contributed by atoms with E-state index in [9.17, 15) is 9.59 Å². The number of ether oxygens (including phenoxy) is 1. The van der Waals surface area contributed by atoms with Crippen LogP contribution in [0.3, 0.4) is 0 Å². The molecule has 0 bridgehead atoms. The lowest BCUT2D eigenvalue weighted by Gasteiger charge is -2.16. The molecule has 102 valence electrons. The molecule has 0 aliphatic carbocycles. The van der Waals surface area contributed by atoms with Gasteiger partial charge in [-0.15, -0.1) is 0 Å². The van der Waals surface area contributed by atoms with Crippen LogP contribution in [0.4, 0.5) is 0 Å². The van der Waals surface area contributed by atoms with E-state index in [2.05, 4.69) is 0 Å². The molecule has 0 saturated carbocycles. The molecule has 5 heteroatoms. The van der Waals surface area contributed by atoms with E-state index in [1.54, 1.807) is 24.3 Å². The van der Waals surface area contributed by atoms with E-state index in [0.29, 0.717) is 18.9 Å². The van der Waals surface area contributed by atoms with Gasteiger partial charge in [0.05, 0.1) is 18.6 Å². The first-order valence-electron chi connectivity index (χ1n) is 6.11. The van der Waals surface area contributed by atoms with Crippen LogP contribution >= 0.6 is 0 Å². The van der Waals surface area contributed by atoms with Crippen LogP contribution in [0.2, 0.25) is 0 Å². The summed E-state index contributed by atoms with van der Waals surface area (Å²) in [4.78, 5) is 28.1. The Morgan fingerprint density at radius 1 is 1.37 bits per heavy atom. The third kappa shape index (κ3) is 3.12. The summed E-state index contributed by atoms with van der Waals surface area (Å²) in [5, 5.41) is 1.38. The number of rotatable bonds is 3. The summed E-state index contributed by atoms with van der Waals surface area (Å²) in [5.74, 6) is 0.120. The number of carbonyl (C=O) groups is 2. The van der Waals surface area contributed by atoms with Gasteiger partial charge in [-0.05, 0) is 31.5 Å². The van der Waals surface area contributed by atoms with Crippen LogP contribution < -0.4 is 4.74 Å². The SMILES string of the molecule is CC(=O)Oc1ccc(CN2OCC(C)(C)C2=O)cc1. The lowest BCUT2D eigenvalue weighted by molar-refractivity contribution is -0.165. The van der Waals surface area contributed by atoms with Gasteiger partial charge in [0.15, 0.2) is 0 Å². The van der Waals surface area contributed by atoms with Crippen molar-refractivity contribution in [3.05, 3.63) is 29.8 Å². The molecule has 1 aromatic carbocycles. The molecular weight excluding hydrogens is 246 g/mol. The predicted octanol–water partition coefficient (Wildman–Crippen LogP) is 1.91. The summed E-state index contributed by atoms with van der Waals surface area (Å²) in [7, 11) is 0. The summed E-state index contributed by atoms with van der Waals surface area (Å²) < 4.78 is 4.94. The maximum Gasteiger partial charge on any atom is 0.308 e. The minimum atomic E-state index is -0.461. The van der Waals surface area contributed by atoms with Gasteiger partial charge in [-0.3, -0.25) is 14.4 Å². The van der Waals surface area contributed by atoms with E-state index in [1.807, 2.05) is 13.8 Å². The highest BCUT2D eigenvalue weighted by Crippen LogP contribution is 2.28. The third-order valence-corrected chi connectivity index (χ3v) is 2.90. The number of hydrogen-bond donors (Lipinski definition) is 0. The minimum absolute atomic E-state index is 0.0171. The Labute approximate surface area is 112 Å². The first kappa shape index (κ1) is 13.5. The maximum absolute atomic E-state index is 12.0. The maximum atomic E-state index is 12.0. The number of hydroxylamine groups is 2. The zero-order chi connectivity index (χ0) is 14.0. The number of nitrogens with zero attached hydrogens (tertiary/aromatic N) is 1. The molecule has 1 aliphatic heterocycles. The van der Waals surface area contributed by atoms with Gasteiger partial charge >= 0.3 is 5.97 Å². The van der Waals surface area contributed by atoms with E-state index < -0.39 is 5.41 Å². The van der Waals surface area contributed by atoms with Gasteiger partial charge in [-0.1, -0.05) is 12.1 Å². The largest absolute Gasteiger partial charge is 0.427 e. The second-order valence-corrected chi connectivity index (χ2v) is 5.24. The molecule has 1 aromatic rings. The van der Waals surface area contributed by atoms with Crippen LogP contribution in [-0.4, -0.2) is 23.5 Å². The van der Waals surface area contributed by atoms with Gasteiger partial charge in [0, 0.05) is 6.92 Å². The van der Waals surface area contributed by atoms with Crippen LogP contribution in [-0.2, 0) is 21.0 Å². The number of esters is 1. The molecule has 0 radical (unpaired) electrons. The van der Waals surface area contributed by atoms with Crippen molar-refractivity contribution >= 4 is 11.9 Å². The van der Waals surface area contributed by atoms with Crippen LogP contribution in [0.5, 0.6) is 5.75 Å². The standard InChI is InChI=1S/C14H17NO4/c1-10(16)19-12-6-4-11(5-7-12)8-15-13(17)14(2,3)9-18-15/h4-7H,8-9H2,1-3H3. The number of amides is 1. The first-order valence-corrected chi connectivity index (χ1v) is 6.11. The number of hydrogen-bond acceptors (Lipinski definition) is 4. The topological polar surface area (TPSA) is 55.8 Å². The van der Waals surface area contributed by atoms with E-state index in [-0.39, 0.29) is 11.9 Å². The Hall–Kier alpha value is -1.88.